The lowest BCUT2D eigenvalue weighted by Gasteiger charge is -2.08. The SMILES string of the molecule is C.C.C.C.C.C=C(C)/C(=C\c1ccc(C)cc1C)CCC. The highest BCUT2D eigenvalue weighted by Gasteiger charge is 2.00. The van der Waals surface area contributed by atoms with Gasteiger partial charge < -0.3 is 0 Å². The molecule has 0 radical (unpaired) electrons. The number of aryl methyl sites for hydroxylation is 2. The second-order valence-electron chi connectivity index (χ2n) is 4.56. The molecule has 0 amide bonds. The van der Waals surface area contributed by atoms with Crippen molar-refractivity contribution in [1.82, 2.24) is 0 Å². The highest BCUT2D eigenvalue weighted by atomic mass is 14.1. The van der Waals surface area contributed by atoms with Crippen LogP contribution in [0.3, 0.4) is 0 Å². The van der Waals surface area contributed by atoms with Crippen LogP contribution in [0, 0.1) is 13.8 Å². The predicted molar refractivity (Wildman–Crippen MR) is 107 cm³/mol. The highest BCUT2D eigenvalue weighted by molar-refractivity contribution is 5.60. The molecule has 0 heteroatoms. The van der Waals surface area contributed by atoms with E-state index in [0.717, 1.165) is 6.42 Å². The predicted octanol–water partition coefficient (Wildman–Crippen LogP) is 8.24. The number of hydrogen-bond acceptors (Lipinski definition) is 0. The molecule has 0 spiro atoms. The van der Waals surface area contributed by atoms with E-state index in [9.17, 15) is 0 Å². The summed E-state index contributed by atoms with van der Waals surface area (Å²) in [5, 5.41) is 0. The van der Waals surface area contributed by atoms with Crippen molar-refractivity contribution < 1.29 is 0 Å². The molecule has 0 saturated heterocycles. The first kappa shape index (κ1) is 31.9. The highest BCUT2D eigenvalue weighted by Crippen LogP contribution is 2.20. The monoisotopic (exact) mass is 294 g/mol. The fourth-order valence-corrected chi connectivity index (χ4v) is 1.85. The molecule has 21 heavy (non-hydrogen) atoms. The zero-order valence-electron chi connectivity index (χ0n) is 10.9. The van der Waals surface area contributed by atoms with Gasteiger partial charge in [0, 0.05) is 0 Å². The minimum absolute atomic E-state index is 0. The maximum Gasteiger partial charge on any atom is -0.0224 e. The fourth-order valence-electron chi connectivity index (χ4n) is 1.85. The van der Waals surface area contributed by atoms with Crippen molar-refractivity contribution in [3.63, 3.8) is 0 Å². The second-order valence-corrected chi connectivity index (χ2v) is 4.56. The van der Waals surface area contributed by atoms with E-state index >= 15 is 0 Å². The molecule has 0 heterocycles. The van der Waals surface area contributed by atoms with Crippen molar-refractivity contribution in [1.29, 1.82) is 0 Å². The van der Waals surface area contributed by atoms with Crippen LogP contribution in [0.1, 0.15) is 80.5 Å². The quantitative estimate of drug-likeness (QED) is 0.490. The average molecular weight is 295 g/mol. The van der Waals surface area contributed by atoms with E-state index < -0.39 is 0 Å². The summed E-state index contributed by atoms with van der Waals surface area (Å²) in [6, 6.07) is 6.60. The Balaban J connectivity index is -0.000000171. The van der Waals surface area contributed by atoms with E-state index in [1.54, 1.807) is 0 Å². The first-order valence-corrected chi connectivity index (χ1v) is 5.98. The van der Waals surface area contributed by atoms with Crippen LogP contribution in [0.5, 0.6) is 0 Å². The topological polar surface area (TPSA) is 0 Å². The molecule has 126 valence electrons. The van der Waals surface area contributed by atoms with Gasteiger partial charge in [0.15, 0.2) is 0 Å². The largest absolute Gasteiger partial charge is 0.0958 e. The van der Waals surface area contributed by atoms with Gasteiger partial charge in [-0.25, -0.2) is 0 Å². The number of hydrogen-bond donors (Lipinski definition) is 0. The van der Waals surface area contributed by atoms with E-state index in [0.29, 0.717) is 0 Å². The molecule has 1 aromatic rings. The van der Waals surface area contributed by atoms with Gasteiger partial charge in [0.2, 0.25) is 0 Å². The molecule has 1 rings (SSSR count). The molecular formula is C21H42. The summed E-state index contributed by atoms with van der Waals surface area (Å²) in [5.74, 6) is 0. The summed E-state index contributed by atoms with van der Waals surface area (Å²) in [4.78, 5) is 0. The molecule has 0 N–H and O–H groups in total. The van der Waals surface area contributed by atoms with Crippen molar-refractivity contribution in [3.8, 4) is 0 Å². The van der Waals surface area contributed by atoms with Gasteiger partial charge in [0.1, 0.15) is 0 Å². The first-order valence-electron chi connectivity index (χ1n) is 5.98. The van der Waals surface area contributed by atoms with Crippen LogP contribution >= 0.6 is 0 Å². The Bertz CT molecular complexity index is 408. The molecule has 1 aromatic carbocycles. The Labute approximate surface area is 137 Å². The van der Waals surface area contributed by atoms with Crippen LogP contribution in [-0.2, 0) is 0 Å². The van der Waals surface area contributed by atoms with E-state index in [4.69, 9.17) is 0 Å². The maximum absolute atomic E-state index is 4.05. The molecule has 0 unspecified atom stereocenters. The Morgan fingerprint density at radius 3 is 1.95 bits per heavy atom. The van der Waals surface area contributed by atoms with Crippen LogP contribution in [-0.4, -0.2) is 0 Å². The minimum atomic E-state index is 0. The second kappa shape index (κ2) is 15.1. The standard InChI is InChI=1S/C16H22.5CH4/c1-6-7-15(12(2)3)11-16-9-8-13(4)10-14(16)5;;;;;/h8-11H,2,6-7H2,1,3-5H3;5*1H4/b15-11-;;;;;. The molecule has 0 saturated carbocycles. The van der Waals surface area contributed by atoms with E-state index in [2.05, 4.69) is 58.5 Å². The van der Waals surface area contributed by atoms with Gasteiger partial charge in [0.25, 0.3) is 0 Å². The molecule has 0 aliphatic heterocycles. The summed E-state index contributed by atoms with van der Waals surface area (Å²) >= 11 is 0. The molecule has 0 aliphatic carbocycles. The fraction of sp³-hybridized carbons (Fsp3) is 0.524. The van der Waals surface area contributed by atoms with Gasteiger partial charge in [0.05, 0.1) is 0 Å². The lowest BCUT2D eigenvalue weighted by molar-refractivity contribution is 0.918. The average Bonchev–Trinajstić information content (AvgIpc) is 2.20. The molecule has 0 aliphatic rings. The van der Waals surface area contributed by atoms with E-state index in [-0.39, 0.29) is 37.1 Å². The lowest BCUT2D eigenvalue weighted by atomic mass is 9.98. The van der Waals surface area contributed by atoms with E-state index in [1.165, 1.54) is 34.3 Å². The van der Waals surface area contributed by atoms with Crippen LogP contribution in [0.15, 0.2) is 35.9 Å². The van der Waals surface area contributed by atoms with Gasteiger partial charge in [-0.2, -0.15) is 0 Å². The Morgan fingerprint density at radius 2 is 1.57 bits per heavy atom. The Kier molecular flexibility index (Phi) is 22.9. The molecule has 0 fully saturated rings. The number of rotatable bonds is 4. The number of benzene rings is 1. The van der Waals surface area contributed by atoms with Crippen molar-refractivity contribution >= 4 is 6.08 Å². The van der Waals surface area contributed by atoms with Crippen molar-refractivity contribution in [2.45, 2.75) is 77.7 Å². The van der Waals surface area contributed by atoms with Gasteiger partial charge in [-0.15, -0.1) is 0 Å². The Morgan fingerprint density at radius 1 is 1.05 bits per heavy atom. The van der Waals surface area contributed by atoms with Crippen molar-refractivity contribution in [2.75, 3.05) is 0 Å². The van der Waals surface area contributed by atoms with Crippen LogP contribution < -0.4 is 0 Å². The molecule has 0 nitrogen and oxygen atoms in total. The third-order valence-electron chi connectivity index (χ3n) is 2.82. The summed E-state index contributed by atoms with van der Waals surface area (Å²) in [5.41, 5.74) is 6.53. The normalized spacial score (nSPS) is 8.86. The van der Waals surface area contributed by atoms with Crippen LogP contribution in [0.2, 0.25) is 0 Å². The van der Waals surface area contributed by atoms with Gasteiger partial charge in [-0.3, -0.25) is 0 Å². The molecule has 0 aromatic heterocycles. The molecular weight excluding hydrogens is 252 g/mol. The molecule has 0 atom stereocenters. The zero-order chi connectivity index (χ0) is 12.1. The van der Waals surface area contributed by atoms with E-state index in [1.807, 2.05) is 0 Å². The van der Waals surface area contributed by atoms with Gasteiger partial charge in [-0.05, 0) is 43.9 Å². The zero-order valence-corrected chi connectivity index (χ0v) is 10.9. The summed E-state index contributed by atoms with van der Waals surface area (Å²) in [6.45, 7) is 12.6. The summed E-state index contributed by atoms with van der Waals surface area (Å²) < 4.78 is 0. The van der Waals surface area contributed by atoms with Gasteiger partial charge >= 0.3 is 0 Å². The van der Waals surface area contributed by atoms with Crippen molar-refractivity contribution in [3.05, 3.63) is 52.6 Å². The smallest absolute Gasteiger partial charge is 0.0224 e. The van der Waals surface area contributed by atoms with Gasteiger partial charge in [-0.1, -0.05) is 92.5 Å². The number of allylic oxidation sites excluding steroid dienone is 2. The van der Waals surface area contributed by atoms with Crippen LogP contribution in [0.4, 0.5) is 0 Å². The lowest BCUT2D eigenvalue weighted by Crippen LogP contribution is -1.88. The Hall–Kier alpha value is -1.30. The summed E-state index contributed by atoms with van der Waals surface area (Å²) in [6.07, 6.45) is 4.56. The van der Waals surface area contributed by atoms with Crippen LogP contribution in [0.25, 0.3) is 6.08 Å². The molecule has 0 bridgehead atoms. The summed E-state index contributed by atoms with van der Waals surface area (Å²) in [7, 11) is 0. The van der Waals surface area contributed by atoms with Crippen molar-refractivity contribution in [2.24, 2.45) is 0 Å². The maximum atomic E-state index is 4.05. The third-order valence-corrected chi connectivity index (χ3v) is 2.82. The minimum Gasteiger partial charge on any atom is -0.0958 e. The first-order chi connectivity index (χ1) is 7.54. The third kappa shape index (κ3) is 10.1.